The van der Waals surface area contributed by atoms with E-state index >= 15 is 0 Å². The quantitative estimate of drug-likeness (QED) is 0.917. The molecule has 20 heavy (non-hydrogen) atoms. The van der Waals surface area contributed by atoms with E-state index in [-0.39, 0.29) is 0 Å². The third-order valence-electron chi connectivity index (χ3n) is 4.69. The fraction of sp³-hybridized carbons (Fsp3) is 0.588. The topological polar surface area (TPSA) is 32.3 Å². The molecule has 1 amide bonds. The van der Waals surface area contributed by atoms with Crippen molar-refractivity contribution >= 4 is 11.6 Å². The van der Waals surface area contributed by atoms with Gasteiger partial charge in [0.1, 0.15) is 0 Å². The number of carbonyl (C=O) groups is 1. The van der Waals surface area contributed by atoms with Crippen molar-refractivity contribution in [1.29, 1.82) is 0 Å². The molecule has 1 N–H and O–H groups in total. The molecule has 1 heterocycles. The molecule has 2 aliphatic rings. The van der Waals surface area contributed by atoms with Gasteiger partial charge in [-0.05, 0) is 37.8 Å². The van der Waals surface area contributed by atoms with Crippen LogP contribution in [-0.2, 0) is 4.79 Å². The summed E-state index contributed by atoms with van der Waals surface area (Å²) in [5, 5.41) is 3.27. The lowest BCUT2D eigenvalue weighted by atomic mass is 10.0. The third kappa shape index (κ3) is 3.14. The van der Waals surface area contributed by atoms with E-state index in [1.54, 1.807) is 0 Å². The minimum absolute atomic E-state index is 0.294. The number of hydrogen-bond donors (Lipinski definition) is 1. The zero-order valence-corrected chi connectivity index (χ0v) is 12.1. The first-order valence-electron chi connectivity index (χ1n) is 7.93. The Bertz CT molecular complexity index is 432. The third-order valence-corrected chi connectivity index (χ3v) is 4.69. The highest BCUT2D eigenvalue weighted by atomic mass is 16.1. The van der Waals surface area contributed by atoms with E-state index in [1.165, 1.54) is 18.5 Å². The van der Waals surface area contributed by atoms with Gasteiger partial charge in [-0.2, -0.15) is 0 Å². The lowest BCUT2D eigenvalue weighted by Gasteiger charge is -2.34. The summed E-state index contributed by atoms with van der Waals surface area (Å²) < 4.78 is 0. The molecular weight excluding hydrogens is 248 g/mol. The Kier molecular flexibility index (Phi) is 4.24. The fourth-order valence-electron chi connectivity index (χ4n) is 3.43. The second-order valence-electron chi connectivity index (χ2n) is 6.09. The highest BCUT2D eigenvalue weighted by molar-refractivity contribution is 5.79. The molecule has 1 aliphatic heterocycles. The molecule has 0 spiro atoms. The van der Waals surface area contributed by atoms with Gasteiger partial charge in [0.05, 0.1) is 0 Å². The highest BCUT2D eigenvalue weighted by Crippen LogP contribution is 2.25. The molecule has 108 valence electrons. The molecular formula is C17H24N2O. The number of benzene rings is 1. The Labute approximate surface area is 121 Å². The van der Waals surface area contributed by atoms with Crippen LogP contribution < -0.4 is 10.2 Å². The number of piperidine rings is 1. The van der Waals surface area contributed by atoms with Gasteiger partial charge in [0, 0.05) is 30.7 Å². The van der Waals surface area contributed by atoms with Crippen molar-refractivity contribution in [1.82, 2.24) is 5.32 Å². The molecule has 0 aromatic heterocycles. The monoisotopic (exact) mass is 272 g/mol. The van der Waals surface area contributed by atoms with E-state index in [0.717, 1.165) is 38.8 Å². The van der Waals surface area contributed by atoms with Crippen molar-refractivity contribution in [3.63, 3.8) is 0 Å². The highest BCUT2D eigenvalue weighted by Gasteiger charge is 2.26. The molecule has 1 aliphatic carbocycles. The summed E-state index contributed by atoms with van der Waals surface area (Å²) in [5.74, 6) is 0.600. The number of carbonyl (C=O) groups excluding carboxylic acids is 1. The standard InChI is InChI=1S/C17H24N2O/c20-17(14-6-4-5-7-14)18-15-10-12-19(13-11-15)16-8-2-1-3-9-16/h1-3,8-9,14-15H,4-7,10-13H2,(H,18,20). The van der Waals surface area contributed by atoms with E-state index < -0.39 is 0 Å². The molecule has 3 heteroatoms. The molecule has 0 unspecified atom stereocenters. The van der Waals surface area contributed by atoms with Gasteiger partial charge in [0.15, 0.2) is 0 Å². The van der Waals surface area contributed by atoms with E-state index in [4.69, 9.17) is 0 Å². The van der Waals surface area contributed by atoms with Crippen LogP contribution in [0.15, 0.2) is 30.3 Å². The lowest BCUT2D eigenvalue weighted by molar-refractivity contribution is -0.125. The first-order valence-corrected chi connectivity index (χ1v) is 7.93. The van der Waals surface area contributed by atoms with Gasteiger partial charge >= 0.3 is 0 Å². The summed E-state index contributed by atoms with van der Waals surface area (Å²) in [6.45, 7) is 2.08. The number of anilines is 1. The minimum atomic E-state index is 0.294. The molecule has 3 nitrogen and oxygen atoms in total. The fourth-order valence-corrected chi connectivity index (χ4v) is 3.43. The maximum absolute atomic E-state index is 12.1. The summed E-state index contributed by atoms with van der Waals surface area (Å²) in [6, 6.07) is 10.9. The molecule has 0 bridgehead atoms. The number of rotatable bonds is 3. The zero-order valence-electron chi connectivity index (χ0n) is 12.1. The first kappa shape index (κ1) is 13.5. The van der Waals surface area contributed by atoms with Gasteiger partial charge < -0.3 is 10.2 Å². The number of nitrogens with one attached hydrogen (secondary N) is 1. The molecule has 1 aromatic rings. The van der Waals surface area contributed by atoms with E-state index in [1.807, 2.05) is 0 Å². The van der Waals surface area contributed by atoms with Crippen LogP contribution in [-0.4, -0.2) is 25.0 Å². The van der Waals surface area contributed by atoms with Crippen molar-refractivity contribution in [2.24, 2.45) is 5.92 Å². The Morgan fingerprint density at radius 3 is 2.30 bits per heavy atom. The van der Waals surface area contributed by atoms with Gasteiger partial charge in [-0.3, -0.25) is 4.79 Å². The summed E-state index contributed by atoms with van der Waals surface area (Å²) in [6.07, 6.45) is 6.76. The van der Waals surface area contributed by atoms with Crippen molar-refractivity contribution in [3.05, 3.63) is 30.3 Å². The van der Waals surface area contributed by atoms with Crippen molar-refractivity contribution in [2.75, 3.05) is 18.0 Å². The molecule has 2 fully saturated rings. The van der Waals surface area contributed by atoms with Gasteiger partial charge in [0.25, 0.3) is 0 Å². The Hall–Kier alpha value is -1.51. The predicted octanol–water partition coefficient (Wildman–Crippen LogP) is 2.96. The molecule has 0 atom stereocenters. The number of nitrogens with zero attached hydrogens (tertiary/aromatic N) is 1. The smallest absolute Gasteiger partial charge is 0.223 e. The zero-order chi connectivity index (χ0) is 13.8. The van der Waals surface area contributed by atoms with Crippen LogP contribution in [0.4, 0.5) is 5.69 Å². The Balaban J connectivity index is 1.47. The number of amides is 1. The van der Waals surface area contributed by atoms with Crippen LogP contribution >= 0.6 is 0 Å². The molecule has 1 saturated carbocycles. The van der Waals surface area contributed by atoms with E-state index in [0.29, 0.717) is 17.9 Å². The average molecular weight is 272 g/mol. The summed E-state index contributed by atoms with van der Waals surface area (Å²) >= 11 is 0. The SMILES string of the molecule is O=C(NC1CCN(c2ccccc2)CC1)C1CCCC1. The summed E-state index contributed by atoms with van der Waals surface area (Å²) in [4.78, 5) is 14.6. The summed E-state index contributed by atoms with van der Waals surface area (Å²) in [7, 11) is 0. The van der Waals surface area contributed by atoms with Crippen LogP contribution in [0.5, 0.6) is 0 Å². The first-order chi connectivity index (χ1) is 9.83. The predicted molar refractivity (Wildman–Crippen MR) is 81.8 cm³/mol. The average Bonchev–Trinajstić information content (AvgIpc) is 3.03. The van der Waals surface area contributed by atoms with Crippen molar-refractivity contribution in [2.45, 2.75) is 44.6 Å². The molecule has 1 saturated heterocycles. The van der Waals surface area contributed by atoms with E-state index in [2.05, 4.69) is 40.5 Å². The van der Waals surface area contributed by atoms with Gasteiger partial charge in [0.2, 0.25) is 5.91 Å². The van der Waals surface area contributed by atoms with Crippen LogP contribution in [0.2, 0.25) is 0 Å². The Morgan fingerprint density at radius 1 is 1.00 bits per heavy atom. The maximum Gasteiger partial charge on any atom is 0.223 e. The van der Waals surface area contributed by atoms with Gasteiger partial charge in [-0.1, -0.05) is 31.0 Å². The lowest BCUT2D eigenvalue weighted by Crippen LogP contribution is -2.46. The van der Waals surface area contributed by atoms with Crippen LogP contribution in [0.3, 0.4) is 0 Å². The van der Waals surface area contributed by atoms with Crippen LogP contribution in [0.1, 0.15) is 38.5 Å². The normalized spacial score (nSPS) is 21.1. The number of hydrogen-bond acceptors (Lipinski definition) is 2. The maximum atomic E-state index is 12.1. The van der Waals surface area contributed by atoms with Crippen molar-refractivity contribution in [3.8, 4) is 0 Å². The Morgan fingerprint density at radius 2 is 1.65 bits per heavy atom. The second kappa shape index (κ2) is 6.29. The number of para-hydroxylation sites is 1. The van der Waals surface area contributed by atoms with Crippen LogP contribution in [0, 0.1) is 5.92 Å². The van der Waals surface area contributed by atoms with Gasteiger partial charge in [-0.15, -0.1) is 0 Å². The van der Waals surface area contributed by atoms with Gasteiger partial charge in [-0.25, -0.2) is 0 Å². The summed E-state index contributed by atoms with van der Waals surface area (Å²) in [5.41, 5.74) is 1.30. The molecule has 0 radical (unpaired) electrons. The van der Waals surface area contributed by atoms with E-state index in [9.17, 15) is 4.79 Å². The minimum Gasteiger partial charge on any atom is -0.371 e. The molecule has 1 aromatic carbocycles. The van der Waals surface area contributed by atoms with Crippen LogP contribution in [0.25, 0.3) is 0 Å². The largest absolute Gasteiger partial charge is 0.371 e. The molecule has 3 rings (SSSR count). The van der Waals surface area contributed by atoms with Crippen molar-refractivity contribution < 1.29 is 4.79 Å². The second-order valence-corrected chi connectivity index (χ2v) is 6.09.